The van der Waals surface area contributed by atoms with Gasteiger partial charge in [0.1, 0.15) is 0 Å². The molecule has 0 bridgehead atoms. The number of rotatable bonds is 6. The van der Waals surface area contributed by atoms with Crippen molar-refractivity contribution in [1.82, 2.24) is 5.32 Å². The largest absolute Gasteiger partial charge is 0.396 e. The lowest BCUT2D eigenvalue weighted by Gasteiger charge is -2.26. The lowest BCUT2D eigenvalue weighted by Crippen LogP contribution is -2.34. The van der Waals surface area contributed by atoms with Crippen molar-refractivity contribution in [2.45, 2.75) is 32.2 Å². The third-order valence-corrected chi connectivity index (χ3v) is 4.55. The van der Waals surface area contributed by atoms with Gasteiger partial charge in [-0.25, -0.2) is 0 Å². The first-order chi connectivity index (χ1) is 9.56. The van der Waals surface area contributed by atoms with Crippen LogP contribution in [0.25, 0.3) is 0 Å². The molecule has 0 saturated heterocycles. The molecule has 1 aliphatic carbocycles. The van der Waals surface area contributed by atoms with E-state index in [-0.39, 0.29) is 22.6 Å². The lowest BCUT2D eigenvalue weighted by atomic mass is 9.87. The van der Waals surface area contributed by atoms with Crippen LogP contribution < -0.4 is 5.32 Å². The third-order valence-electron chi connectivity index (χ3n) is 4.05. The van der Waals surface area contributed by atoms with Gasteiger partial charge >= 0.3 is 0 Å². The summed E-state index contributed by atoms with van der Waals surface area (Å²) in [5.41, 5.74) is 0.751. The van der Waals surface area contributed by atoms with Crippen LogP contribution in [0.2, 0.25) is 0 Å². The second kappa shape index (κ2) is 6.65. The van der Waals surface area contributed by atoms with Crippen LogP contribution in [-0.4, -0.2) is 23.2 Å². The van der Waals surface area contributed by atoms with Gasteiger partial charge in [-0.3, -0.25) is 10.1 Å². The van der Waals surface area contributed by atoms with Gasteiger partial charge < -0.3 is 10.4 Å². The molecular weight excluding hydrogens is 324 g/mol. The van der Waals surface area contributed by atoms with E-state index in [1.807, 2.05) is 0 Å². The van der Waals surface area contributed by atoms with Crippen molar-refractivity contribution < 1.29 is 10.0 Å². The Morgan fingerprint density at radius 3 is 2.70 bits per heavy atom. The van der Waals surface area contributed by atoms with E-state index in [0.717, 1.165) is 30.2 Å². The molecule has 1 aliphatic rings. The van der Waals surface area contributed by atoms with Crippen LogP contribution >= 0.6 is 15.9 Å². The molecule has 1 saturated carbocycles. The average molecular weight is 343 g/mol. The fourth-order valence-corrected chi connectivity index (χ4v) is 3.26. The first-order valence-corrected chi connectivity index (χ1v) is 7.60. The van der Waals surface area contributed by atoms with Gasteiger partial charge in [0.25, 0.3) is 5.69 Å². The fraction of sp³-hybridized carbons (Fsp3) is 0.571. The second-order valence-electron chi connectivity index (χ2n) is 5.50. The Morgan fingerprint density at radius 2 is 2.10 bits per heavy atom. The third kappa shape index (κ3) is 3.56. The SMILES string of the molecule is O=[N+]([O-])c1ccc(Br)cc1CNCC1(CO)CCCC1. The van der Waals surface area contributed by atoms with Gasteiger partial charge in [-0.2, -0.15) is 0 Å². The van der Waals surface area contributed by atoms with Crippen LogP contribution in [0, 0.1) is 15.5 Å². The van der Waals surface area contributed by atoms with Gasteiger partial charge in [0.15, 0.2) is 0 Å². The molecule has 2 rings (SSSR count). The quantitative estimate of drug-likeness (QED) is 0.615. The maximum atomic E-state index is 11.0. The summed E-state index contributed by atoms with van der Waals surface area (Å²) in [6.07, 6.45) is 4.35. The zero-order chi connectivity index (χ0) is 14.6. The van der Waals surface area contributed by atoms with E-state index < -0.39 is 0 Å². The topological polar surface area (TPSA) is 75.4 Å². The zero-order valence-electron chi connectivity index (χ0n) is 11.3. The maximum Gasteiger partial charge on any atom is 0.273 e. The highest BCUT2D eigenvalue weighted by Gasteiger charge is 2.32. The summed E-state index contributed by atoms with van der Waals surface area (Å²) in [5, 5.41) is 23.8. The number of nitro benzene ring substituents is 1. The summed E-state index contributed by atoms with van der Waals surface area (Å²) >= 11 is 3.34. The van der Waals surface area contributed by atoms with Gasteiger partial charge in [0.2, 0.25) is 0 Å². The first kappa shape index (κ1) is 15.4. The number of nitrogens with one attached hydrogen (secondary N) is 1. The molecule has 20 heavy (non-hydrogen) atoms. The number of aliphatic hydroxyl groups excluding tert-OH is 1. The van der Waals surface area contributed by atoms with Gasteiger partial charge in [-0.1, -0.05) is 28.8 Å². The summed E-state index contributed by atoms with van der Waals surface area (Å²) in [7, 11) is 0. The Morgan fingerprint density at radius 1 is 1.40 bits per heavy atom. The van der Waals surface area contributed by atoms with Crippen molar-refractivity contribution >= 4 is 21.6 Å². The highest BCUT2D eigenvalue weighted by Crippen LogP contribution is 2.37. The highest BCUT2D eigenvalue weighted by molar-refractivity contribution is 9.10. The van der Waals surface area contributed by atoms with E-state index in [1.54, 1.807) is 12.1 Å². The highest BCUT2D eigenvalue weighted by atomic mass is 79.9. The molecule has 5 nitrogen and oxygen atoms in total. The Balaban J connectivity index is 2.00. The van der Waals surface area contributed by atoms with Crippen molar-refractivity contribution in [1.29, 1.82) is 0 Å². The molecule has 0 aromatic heterocycles. The predicted molar refractivity (Wildman–Crippen MR) is 80.5 cm³/mol. The molecule has 1 fully saturated rings. The van der Waals surface area contributed by atoms with Crippen molar-refractivity contribution in [3.05, 3.63) is 38.3 Å². The molecule has 0 amide bonds. The normalized spacial score (nSPS) is 17.3. The molecule has 1 aromatic carbocycles. The molecule has 1 aromatic rings. The van der Waals surface area contributed by atoms with Gasteiger partial charge in [0, 0.05) is 41.2 Å². The number of hydrogen-bond donors (Lipinski definition) is 2. The van der Waals surface area contributed by atoms with Crippen LogP contribution in [0.3, 0.4) is 0 Å². The first-order valence-electron chi connectivity index (χ1n) is 6.81. The molecule has 110 valence electrons. The average Bonchev–Trinajstić information content (AvgIpc) is 2.88. The van der Waals surface area contributed by atoms with E-state index in [2.05, 4.69) is 21.2 Å². The Kier molecular flexibility index (Phi) is 5.12. The van der Waals surface area contributed by atoms with Crippen molar-refractivity contribution in [2.24, 2.45) is 5.41 Å². The number of nitrogens with zero attached hydrogens (tertiary/aromatic N) is 1. The molecule has 0 radical (unpaired) electrons. The van der Waals surface area contributed by atoms with E-state index in [1.165, 1.54) is 6.07 Å². The summed E-state index contributed by atoms with van der Waals surface area (Å²) in [4.78, 5) is 10.6. The van der Waals surface area contributed by atoms with Crippen LogP contribution in [0.1, 0.15) is 31.2 Å². The van der Waals surface area contributed by atoms with Crippen molar-refractivity contribution in [3.63, 3.8) is 0 Å². The minimum Gasteiger partial charge on any atom is -0.396 e. The number of aliphatic hydroxyl groups is 1. The van der Waals surface area contributed by atoms with E-state index >= 15 is 0 Å². The summed E-state index contributed by atoms with van der Waals surface area (Å²) in [6.45, 7) is 1.32. The van der Waals surface area contributed by atoms with Gasteiger partial charge in [-0.05, 0) is 25.0 Å². The van der Waals surface area contributed by atoms with Gasteiger partial charge in [-0.15, -0.1) is 0 Å². The van der Waals surface area contributed by atoms with Crippen LogP contribution in [-0.2, 0) is 6.54 Å². The lowest BCUT2D eigenvalue weighted by molar-refractivity contribution is -0.385. The summed E-state index contributed by atoms with van der Waals surface area (Å²) in [6, 6.07) is 4.96. The van der Waals surface area contributed by atoms with Crippen molar-refractivity contribution in [2.75, 3.05) is 13.2 Å². The van der Waals surface area contributed by atoms with Gasteiger partial charge in [0.05, 0.1) is 4.92 Å². The van der Waals surface area contributed by atoms with Crippen LogP contribution in [0.15, 0.2) is 22.7 Å². The molecule has 2 N–H and O–H groups in total. The molecule has 0 spiro atoms. The smallest absolute Gasteiger partial charge is 0.273 e. The fourth-order valence-electron chi connectivity index (χ4n) is 2.85. The van der Waals surface area contributed by atoms with E-state index in [9.17, 15) is 15.2 Å². The predicted octanol–water partition coefficient (Wildman–Crippen LogP) is 3.00. The number of nitro groups is 1. The molecule has 0 atom stereocenters. The van der Waals surface area contributed by atoms with Crippen LogP contribution in [0.4, 0.5) is 5.69 Å². The van der Waals surface area contributed by atoms with E-state index in [4.69, 9.17) is 0 Å². The van der Waals surface area contributed by atoms with Crippen LogP contribution in [0.5, 0.6) is 0 Å². The molecular formula is C14H19BrN2O3. The number of hydrogen-bond acceptors (Lipinski definition) is 4. The van der Waals surface area contributed by atoms with Crippen molar-refractivity contribution in [3.8, 4) is 0 Å². The standard InChI is InChI=1S/C14H19BrN2O3/c15-12-3-4-13(17(19)20)11(7-12)8-16-9-14(10-18)5-1-2-6-14/h3-4,7,16,18H,1-2,5-6,8-10H2. The molecule has 6 heteroatoms. The second-order valence-corrected chi connectivity index (χ2v) is 6.41. The molecule has 0 aliphatic heterocycles. The maximum absolute atomic E-state index is 11.0. The minimum absolute atomic E-state index is 0.0409. The zero-order valence-corrected chi connectivity index (χ0v) is 12.9. The Bertz CT molecular complexity index is 487. The molecule has 0 heterocycles. The Labute approximate surface area is 126 Å². The van der Waals surface area contributed by atoms with E-state index in [0.29, 0.717) is 18.7 Å². The monoisotopic (exact) mass is 342 g/mol. The Hall–Kier alpha value is -0.980. The number of benzene rings is 1. The number of halogens is 1. The molecule has 0 unspecified atom stereocenters. The minimum atomic E-state index is -0.360. The summed E-state index contributed by atoms with van der Waals surface area (Å²) in [5.74, 6) is 0. The summed E-state index contributed by atoms with van der Waals surface area (Å²) < 4.78 is 0.831.